The van der Waals surface area contributed by atoms with Gasteiger partial charge in [0, 0.05) is 45.0 Å². The highest BCUT2D eigenvalue weighted by molar-refractivity contribution is 7.89. The van der Waals surface area contributed by atoms with Gasteiger partial charge in [-0.1, -0.05) is 13.0 Å². The fraction of sp³-hybridized carbons (Fsp3) is 0.560. The number of rotatable bonds is 11. The van der Waals surface area contributed by atoms with Crippen molar-refractivity contribution in [2.24, 2.45) is 5.92 Å². The number of aromatic nitrogens is 2. The summed E-state index contributed by atoms with van der Waals surface area (Å²) in [5.41, 5.74) is 1.98. The van der Waals surface area contributed by atoms with E-state index in [0.29, 0.717) is 51.4 Å². The Labute approximate surface area is 222 Å². The molecule has 3 atom stereocenters. The predicted octanol–water partition coefficient (Wildman–Crippen LogP) is 2.31. The van der Waals surface area contributed by atoms with Gasteiger partial charge in [-0.3, -0.25) is 4.79 Å². The van der Waals surface area contributed by atoms with E-state index in [0.717, 1.165) is 11.1 Å². The number of imidazole rings is 1. The van der Waals surface area contributed by atoms with Gasteiger partial charge < -0.3 is 30.0 Å². The predicted molar refractivity (Wildman–Crippen MR) is 139 cm³/mol. The number of likely N-dealkylation sites (tertiary alicyclic amines) is 1. The summed E-state index contributed by atoms with van der Waals surface area (Å²) in [7, 11) is -4.00. The van der Waals surface area contributed by atoms with Crippen LogP contribution >= 0.6 is 0 Å². The fourth-order valence-corrected chi connectivity index (χ4v) is 6.00. The summed E-state index contributed by atoms with van der Waals surface area (Å²) in [5.74, 6) is 0.384. The number of piperidine rings is 1. The zero-order valence-electron chi connectivity index (χ0n) is 21.7. The Hall–Kier alpha value is -3.16. The van der Waals surface area contributed by atoms with Gasteiger partial charge in [0.25, 0.3) is 0 Å². The number of aromatic amines is 1. The number of fused-ring (bicyclic) bond motifs is 1. The second kappa shape index (κ2) is 12.6. The third-order valence-electron chi connectivity index (χ3n) is 6.77. The minimum absolute atomic E-state index is 0.109. The molecule has 0 aliphatic carbocycles. The normalized spacial score (nSPS) is 20.0. The molecule has 1 aromatic carbocycles. The van der Waals surface area contributed by atoms with Gasteiger partial charge >= 0.3 is 6.16 Å². The fourth-order valence-electron chi connectivity index (χ4n) is 4.72. The van der Waals surface area contributed by atoms with E-state index in [2.05, 4.69) is 25.3 Å². The van der Waals surface area contributed by atoms with Crippen LogP contribution in [0.2, 0.25) is 0 Å². The van der Waals surface area contributed by atoms with Gasteiger partial charge in [-0.25, -0.2) is 18.2 Å². The minimum Gasteiger partial charge on any atom is -0.435 e. The third-order valence-corrected chi connectivity index (χ3v) is 8.24. The lowest BCUT2D eigenvalue weighted by atomic mass is 9.96. The average Bonchev–Trinajstić information content (AvgIpc) is 3.57. The van der Waals surface area contributed by atoms with Gasteiger partial charge in [-0.15, -0.1) is 0 Å². The SMILES string of the molecule is CCOC(=O)O[C@@H]1C[C@H](C)CCN1C(=O)[C@H](CCCNc1ncc[nH]1)NS(=O)(=O)c1ccc2c(c1)CNC2. The molecule has 1 amide bonds. The molecule has 12 nitrogen and oxygen atoms in total. The lowest BCUT2D eigenvalue weighted by Crippen LogP contribution is -2.55. The number of ether oxygens (including phenoxy) is 2. The molecule has 208 valence electrons. The van der Waals surface area contributed by atoms with Gasteiger partial charge in [-0.05, 0) is 55.4 Å². The van der Waals surface area contributed by atoms with E-state index in [4.69, 9.17) is 9.47 Å². The molecule has 3 heterocycles. The van der Waals surface area contributed by atoms with E-state index in [-0.39, 0.29) is 23.8 Å². The number of amides is 1. The molecule has 0 radical (unpaired) electrons. The van der Waals surface area contributed by atoms with Gasteiger partial charge in [0.15, 0.2) is 12.2 Å². The zero-order chi connectivity index (χ0) is 27.1. The molecule has 38 heavy (non-hydrogen) atoms. The summed E-state index contributed by atoms with van der Waals surface area (Å²) in [6.07, 6.45) is 3.51. The number of hydrogen-bond acceptors (Lipinski definition) is 9. The number of nitrogens with one attached hydrogen (secondary N) is 4. The highest BCUT2D eigenvalue weighted by atomic mass is 32.2. The molecule has 13 heteroatoms. The number of benzene rings is 1. The molecule has 4 rings (SSSR count). The first-order valence-electron chi connectivity index (χ1n) is 13.0. The van der Waals surface area contributed by atoms with Crippen molar-refractivity contribution in [2.45, 2.75) is 69.8 Å². The molecular formula is C25H36N6O6S. The standard InChI is InChI=1S/C25H36N6O6S/c1-3-36-25(33)37-22-13-17(2)8-12-31(22)23(32)21(5-4-9-27-24-28-10-11-29-24)30-38(34,35)20-7-6-18-15-26-16-19(18)14-20/h6-7,10-11,14,17,21-22,26,30H,3-5,8-9,12-13,15-16H2,1-2H3,(H2,27,28,29)/t17-,21+,22-/m1/s1. The number of sulfonamides is 1. The topological polar surface area (TPSA) is 155 Å². The van der Waals surface area contributed by atoms with Crippen molar-refractivity contribution < 1.29 is 27.5 Å². The summed E-state index contributed by atoms with van der Waals surface area (Å²) >= 11 is 0. The Morgan fingerprint density at radius 1 is 1.26 bits per heavy atom. The molecular weight excluding hydrogens is 512 g/mol. The molecule has 2 aromatic rings. The quantitative estimate of drug-likeness (QED) is 0.245. The Morgan fingerprint density at radius 2 is 2.08 bits per heavy atom. The van der Waals surface area contributed by atoms with Crippen molar-refractivity contribution in [1.82, 2.24) is 24.9 Å². The number of carbonyl (C=O) groups is 2. The summed E-state index contributed by atoms with van der Waals surface area (Å²) in [6.45, 7) is 5.95. The summed E-state index contributed by atoms with van der Waals surface area (Å²) in [4.78, 5) is 34.5. The maximum absolute atomic E-state index is 13.8. The Kier molecular flexibility index (Phi) is 9.23. The van der Waals surface area contributed by atoms with Crippen LogP contribution in [0.25, 0.3) is 0 Å². The number of H-pyrrole nitrogens is 1. The molecule has 0 spiro atoms. The number of nitrogens with zero attached hydrogens (tertiary/aromatic N) is 2. The monoisotopic (exact) mass is 548 g/mol. The summed E-state index contributed by atoms with van der Waals surface area (Å²) < 4.78 is 39.8. The Bertz CT molecular complexity index is 1200. The zero-order valence-corrected chi connectivity index (χ0v) is 22.6. The van der Waals surface area contributed by atoms with Crippen LogP contribution in [0.4, 0.5) is 10.7 Å². The van der Waals surface area contributed by atoms with E-state index in [9.17, 15) is 18.0 Å². The van der Waals surface area contributed by atoms with Crippen LogP contribution < -0.4 is 15.4 Å². The second-order valence-corrected chi connectivity index (χ2v) is 11.3. The van der Waals surface area contributed by atoms with Crippen LogP contribution in [-0.2, 0) is 37.4 Å². The molecule has 4 N–H and O–H groups in total. The molecule has 0 unspecified atom stereocenters. The van der Waals surface area contributed by atoms with Crippen LogP contribution in [0.1, 0.15) is 50.7 Å². The smallest absolute Gasteiger partial charge is 0.435 e. The summed E-state index contributed by atoms with van der Waals surface area (Å²) in [6, 6.07) is 3.95. The number of carbonyl (C=O) groups excluding carboxylic acids is 2. The second-order valence-electron chi connectivity index (χ2n) is 9.63. The summed E-state index contributed by atoms with van der Waals surface area (Å²) in [5, 5.41) is 6.32. The van der Waals surface area contributed by atoms with Crippen molar-refractivity contribution in [3.8, 4) is 0 Å². The van der Waals surface area contributed by atoms with E-state index in [1.54, 1.807) is 37.5 Å². The van der Waals surface area contributed by atoms with Crippen molar-refractivity contribution in [1.29, 1.82) is 0 Å². The first-order chi connectivity index (χ1) is 18.3. The van der Waals surface area contributed by atoms with E-state index < -0.39 is 34.4 Å². The largest absolute Gasteiger partial charge is 0.510 e. The molecule has 1 aromatic heterocycles. The molecule has 0 saturated carbocycles. The number of hydrogen-bond donors (Lipinski definition) is 4. The third kappa shape index (κ3) is 7.03. The van der Waals surface area contributed by atoms with Crippen molar-refractivity contribution >= 4 is 28.0 Å². The average molecular weight is 549 g/mol. The van der Waals surface area contributed by atoms with Crippen LogP contribution in [-0.4, -0.2) is 67.3 Å². The van der Waals surface area contributed by atoms with Gasteiger partial charge in [0.2, 0.25) is 15.9 Å². The van der Waals surface area contributed by atoms with Crippen molar-refractivity contribution in [3.63, 3.8) is 0 Å². The maximum atomic E-state index is 13.8. The molecule has 1 fully saturated rings. The Morgan fingerprint density at radius 3 is 2.84 bits per heavy atom. The van der Waals surface area contributed by atoms with Crippen LogP contribution in [0.5, 0.6) is 0 Å². The first kappa shape index (κ1) is 27.9. The minimum atomic E-state index is -4.00. The highest BCUT2D eigenvalue weighted by Crippen LogP contribution is 2.26. The van der Waals surface area contributed by atoms with Crippen LogP contribution in [0.3, 0.4) is 0 Å². The van der Waals surface area contributed by atoms with Crippen molar-refractivity contribution in [3.05, 3.63) is 41.7 Å². The Balaban J connectivity index is 1.51. The molecule has 2 aliphatic heterocycles. The molecule has 1 saturated heterocycles. The lowest BCUT2D eigenvalue weighted by Gasteiger charge is -2.39. The lowest BCUT2D eigenvalue weighted by molar-refractivity contribution is -0.150. The highest BCUT2D eigenvalue weighted by Gasteiger charge is 2.37. The number of anilines is 1. The van der Waals surface area contributed by atoms with E-state index in [1.807, 2.05) is 6.92 Å². The molecule has 2 aliphatic rings. The first-order valence-corrected chi connectivity index (χ1v) is 14.5. The van der Waals surface area contributed by atoms with Crippen LogP contribution in [0.15, 0.2) is 35.5 Å². The van der Waals surface area contributed by atoms with E-state index >= 15 is 0 Å². The van der Waals surface area contributed by atoms with E-state index in [1.165, 1.54) is 4.90 Å². The molecule has 0 bridgehead atoms. The van der Waals surface area contributed by atoms with Crippen LogP contribution in [0, 0.1) is 5.92 Å². The maximum Gasteiger partial charge on any atom is 0.510 e. The van der Waals surface area contributed by atoms with Gasteiger partial charge in [0.05, 0.1) is 11.5 Å². The van der Waals surface area contributed by atoms with Gasteiger partial charge in [-0.2, -0.15) is 4.72 Å². The van der Waals surface area contributed by atoms with Gasteiger partial charge in [0.1, 0.15) is 6.04 Å². The van der Waals surface area contributed by atoms with Crippen molar-refractivity contribution in [2.75, 3.05) is 25.0 Å².